The summed E-state index contributed by atoms with van der Waals surface area (Å²) in [5.41, 5.74) is 1.70. The molecule has 20 heavy (non-hydrogen) atoms. The molecule has 2 aromatic rings. The average molecular weight is 273 g/mol. The molecule has 0 unspecified atom stereocenters. The van der Waals surface area contributed by atoms with Gasteiger partial charge in [-0.1, -0.05) is 0 Å². The highest BCUT2D eigenvalue weighted by Crippen LogP contribution is 2.15. The number of H-pyrrole nitrogens is 1. The molecule has 0 saturated heterocycles. The number of benzene rings is 1. The summed E-state index contributed by atoms with van der Waals surface area (Å²) in [6.45, 7) is 7.88. The Balaban J connectivity index is 2.07. The van der Waals surface area contributed by atoms with E-state index in [9.17, 15) is 4.79 Å². The third-order valence-electron chi connectivity index (χ3n) is 3.08. The molecule has 2 rings (SSSR count). The summed E-state index contributed by atoms with van der Waals surface area (Å²) in [6, 6.07) is 7.52. The zero-order chi connectivity index (χ0) is 14.5. The Morgan fingerprint density at radius 3 is 2.40 bits per heavy atom. The van der Waals surface area contributed by atoms with Crippen LogP contribution in [0.15, 0.2) is 24.3 Å². The number of anilines is 2. The number of carbonyl (C=O) groups excluding carboxylic acids is 1. The topological polar surface area (TPSA) is 73.9 Å². The van der Waals surface area contributed by atoms with E-state index >= 15 is 0 Å². The van der Waals surface area contributed by atoms with Crippen LogP contribution < -0.4 is 10.2 Å². The molecule has 0 aliphatic rings. The van der Waals surface area contributed by atoms with E-state index in [1.54, 1.807) is 6.92 Å². The van der Waals surface area contributed by atoms with Gasteiger partial charge in [-0.2, -0.15) is 4.98 Å². The number of aromatic nitrogens is 3. The molecule has 0 bridgehead atoms. The number of hydrogen-bond acceptors (Lipinski definition) is 4. The lowest BCUT2D eigenvalue weighted by molar-refractivity contribution is 0.102. The molecular weight excluding hydrogens is 254 g/mol. The summed E-state index contributed by atoms with van der Waals surface area (Å²) in [7, 11) is 0. The van der Waals surface area contributed by atoms with E-state index in [1.165, 1.54) is 0 Å². The van der Waals surface area contributed by atoms with Crippen molar-refractivity contribution >= 4 is 17.5 Å². The SMILES string of the molecule is CCN(CC)c1ccc(C(=O)Nc2n[nH]c(C)n2)cc1. The Hall–Kier alpha value is -2.37. The van der Waals surface area contributed by atoms with Gasteiger partial charge in [-0.05, 0) is 45.0 Å². The van der Waals surface area contributed by atoms with Crippen molar-refractivity contribution in [2.45, 2.75) is 20.8 Å². The van der Waals surface area contributed by atoms with Gasteiger partial charge in [-0.3, -0.25) is 15.2 Å². The minimum Gasteiger partial charge on any atom is -0.372 e. The molecular formula is C14H19N5O. The van der Waals surface area contributed by atoms with Crippen LogP contribution in [-0.4, -0.2) is 34.2 Å². The Morgan fingerprint density at radius 2 is 1.90 bits per heavy atom. The first kappa shape index (κ1) is 14.0. The van der Waals surface area contributed by atoms with Crippen LogP contribution in [0.2, 0.25) is 0 Å². The Kier molecular flexibility index (Phi) is 4.34. The van der Waals surface area contributed by atoms with E-state index in [0.717, 1.165) is 18.8 Å². The van der Waals surface area contributed by atoms with Gasteiger partial charge >= 0.3 is 0 Å². The smallest absolute Gasteiger partial charge is 0.258 e. The molecule has 0 aliphatic carbocycles. The van der Waals surface area contributed by atoms with Crippen LogP contribution in [0, 0.1) is 6.92 Å². The Morgan fingerprint density at radius 1 is 1.25 bits per heavy atom. The van der Waals surface area contributed by atoms with Gasteiger partial charge in [-0.15, -0.1) is 5.10 Å². The monoisotopic (exact) mass is 273 g/mol. The summed E-state index contributed by atoms with van der Waals surface area (Å²) >= 11 is 0. The van der Waals surface area contributed by atoms with E-state index < -0.39 is 0 Å². The van der Waals surface area contributed by atoms with Crippen molar-refractivity contribution in [2.24, 2.45) is 0 Å². The predicted octanol–water partition coefficient (Wildman–Crippen LogP) is 2.21. The van der Waals surface area contributed by atoms with Gasteiger partial charge in [0.15, 0.2) is 0 Å². The molecule has 6 heteroatoms. The summed E-state index contributed by atoms with van der Waals surface area (Å²) in [4.78, 5) is 18.3. The molecule has 1 heterocycles. The third-order valence-corrected chi connectivity index (χ3v) is 3.08. The second-order valence-corrected chi connectivity index (χ2v) is 4.42. The average Bonchev–Trinajstić information content (AvgIpc) is 2.86. The fourth-order valence-electron chi connectivity index (χ4n) is 1.98. The second kappa shape index (κ2) is 6.18. The summed E-state index contributed by atoms with van der Waals surface area (Å²) in [5, 5.41) is 9.21. The van der Waals surface area contributed by atoms with Crippen molar-refractivity contribution in [1.82, 2.24) is 15.2 Å². The Bertz CT molecular complexity index is 572. The highest BCUT2D eigenvalue weighted by molar-refractivity contribution is 6.03. The second-order valence-electron chi connectivity index (χ2n) is 4.42. The number of amides is 1. The number of nitrogens with one attached hydrogen (secondary N) is 2. The molecule has 1 amide bonds. The van der Waals surface area contributed by atoms with Gasteiger partial charge in [0.2, 0.25) is 5.95 Å². The molecule has 0 spiro atoms. The highest BCUT2D eigenvalue weighted by Gasteiger charge is 2.09. The van der Waals surface area contributed by atoms with Crippen molar-refractivity contribution in [3.05, 3.63) is 35.7 Å². The number of carbonyl (C=O) groups is 1. The first-order chi connectivity index (χ1) is 9.63. The molecule has 0 radical (unpaired) electrons. The lowest BCUT2D eigenvalue weighted by Gasteiger charge is -2.20. The number of rotatable bonds is 5. The molecule has 0 fully saturated rings. The van der Waals surface area contributed by atoms with Crippen LogP contribution in [0.25, 0.3) is 0 Å². The van der Waals surface area contributed by atoms with E-state index in [2.05, 4.69) is 39.2 Å². The fraction of sp³-hybridized carbons (Fsp3) is 0.357. The number of aromatic amines is 1. The van der Waals surface area contributed by atoms with E-state index in [4.69, 9.17) is 0 Å². The largest absolute Gasteiger partial charge is 0.372 e. The summed E-state index contributed by atoms with van der Waals surface area (Å²) < 4.78 is 0. The predicted molar refractivity (Wildman–Crippen MR) is 79.1 cm³/mol. The van der Waals surface area contributed by atoms with Crippen molar-refractivity contribution < 1.29 is 4.79 Å². The van der Waals surface area contributed by atoms with Crippen LogP contribution in [0.1, 0.15) is 30.0 Å². The van der Waals surface area contributed by atoms with Crippen LogP contribution in [0.5, 0.6) is 0 Å². The normalized spacial score (nSPS) is 10.3. The number of nitrogens with zero attached hydrogens (tertiary/aromatic N) is 3. The van der Waals surface area contributed by atoms with Crippen molar-refractivity contribution in [3.63, 3.8) is 0 Å². The van der Waals surface area contributed by atoms with Crippen molar-refractivity contribution in [2.75, 3.05) is 23.3 Å². The summed E-state index contributed by atoms with van der Waals surface area (Å²) in [6.07, 6.45) is 0. The molecule has 6 nitrogen and oxygen atoms in total. The number of aryl methyl sites for hydroxylation is 1. The lowest BCUT2D eigenvalue weighted by Crippen LogP contribution is -2.22. The fourth-order valence-corrected chi connectivity index (χ4v) is 1.98. The van der Waals surface area contributed by atoms with E-state index in [1.807, 2.05) is 24.3 Å². The van der Waals surface area contributed by atoms with Crippen LogP contribution in [0.4, 0.5) is 11.6 Å². The minimum absolute atomic E-state index is 0.213. The van der Waals surface area contributed by atoms with Crippen LogP contribution in [-0.2, 0) is 0 Å². The van der Waals surface area contributed by atoms with Gasteiger partial charge in [0.1, 0.15) is 5.82 Å². The molecule has 2 N–H and O–H groups in total. The van der Waals surface area contributed by atoms with E-state index in [0.29, 0.717) is 17.3 Å². The van der Waals surface area contributed by atoms with Gasteiger partial charge in [0, 0.05) is 24.3 Å². The lowest BCUT2D eigenvalue weighted by atomic mass is 10.2. The molecule has 1 aromatic carbocycles. The number of hydrogen-bond donors (Lipinski definition) is 2. The van der Waals surface area contributed by atoms with Crippen LogP contribution >= 0.6 is 0 Å². The standard InChI is InChI=1S/C14H19N5O/c1-4-19(5-2)12-8-6-11(7-9-12)13(20)16-14-15-10(3)17-18-14/h6-9H,4-5H2,1-3H3,(H2,15,16,17,18,20). The van der Waals surface area contributed by atoms with Gasteiger partial charge in [-0.25, -0.2) is 0 Å². The first-order valence-electron chi connectivity index (χ1n) is 6.69. The van der Waals surface area contributed by atoms with Crippen LogP contribution in [0.3, 0.4) is 0 Å². The molecule has 106 valence electrons. The maximum Gasteiger partial charge on any atom is 0.258 e. The molecule has 1 aromatic heterocycles. The highest BCUT2D eigenvalue weighted by atomic mass is 16.1. The Labute approximate surface area is 118 Å². The maximum absolute atomic E-state index is 12.0. The van der Waals surface area contributed by atoms with E-state index in [-0.39, 0.29) is 5.91 Å². The third kappa shape index (κ3) is 3.14. The van der Waals surface area contributed by atoms with Crippen molar-refractivity contribution in [3.8, 4) is 0 Å². The molecule has 0 aliphatic heterocycles. The quantitative estimate of drug-likeness (QED) is 0.876. The molecule has 0 saturated carbocycles. The van der Waals surface area contributed by atoms with Gasteiger partial charge in [0.25, 0.3) is 5.91 Å². The minimum atomic E-state index is -0.213. The van der Waals surface area contributed by atoms with Gasteiger partial charge in [0.05, 0.1) is 0 Å². The zero-order valence-corrected chi connectivity index (χ0v) is 12.0. The summed E-state index contributed by atoms with van der Waals surface area (Å²) in [5.74, 6) is 0.743. The zero-order valence-electron chi connectivity index (χ0n) is 12.0. The molecule has 0 atom stereocenters. The van der Waals surface area contributed by atoms with Crippen molar-refractivity contribution in [1.29, 1.82) is 0 Å². The maximum atomic E-state index is 12.0. The first-order valence-corrected chi connectivity index (χ1v) is 6.69. The van der Waals surface area contributed by atoms with Gasteiger partial charge < -0.3 is 4.90 Å².